The molecule has 8 nitrogen and oxygen atoms in total. The highest BCUT2D eigenvalue weighted by molar-refractivity contribution is 6.12. The lowest BCUT2D eigenvalue weighted by atomic mass is 10.0. The summed E-state index contributed by atoms with van der Waals surface area (Å²) in [6.07, 6.45) is 3.22. The molecule has 5 N–H and O–H groups in total. The third-order valence-electron chi connectivity index (χ3n) is 6.94. The Kier molecular flexibility index (Phi) is 4.26. The Bertz CT molecular complexity index is 1350. The van der Waals surface area contributed by atoms with Gasteiger partial charge in [0.2, 0.25) is 0 Å². The molecule has 1 aromatic carbocycles. The second-order valence-corrected chi connectivity index (χ2v) is 9.10. The number of amides is 1. The van der Waals surface area contributed by atoms with Gasteiger partial charge in [-0.05, 0) is 49.8 Å². The van der Waals surface area contributed by atoms with Crippen LogP contribution in [0.15, 0.2) is 30.3 Å². The molecule has 1 saturated heterocycles. The van der Waals surface area contributed by atoms with Crippen molar-refractivity contribution < 1.29 is 9.90 Å². The van der Waals surface area contributed by atoms with E-state index < -0.39 is 5.91 Å². The van der Waals surface area contributed by atoms with Gasteiger partial charge in [0, 0.05) is 23.5 Å². The lowest BCUT2D eigenvalue weighted by molar-refractivity contribution is 0.0996. The molecule has 0 bridgehead atoms. The molecule has 2 aliphatic rings. The van der Waals surface area contributed by atoms with Crippen molar-refractivity contribution in [3.05, 3.63) is 53.1 Å². The number of nitrogens with zero attached hydrogens (tertiary/aromatic N) is 3. The van der Waals surface area contributed by atoms with Crippen LogP contribution in [0.5, 0.6) is 0 Å². The summed E-state index contributed by atoms with van der Waals surface area (Å²) in [6.45, 7) is 2.62. The number of nitrogens with one attached hydrogen (secondary N) is 2. The van der Waals surface area contributed by atoms with Crippen LogP contribution in [-0.2, 0) is 0 Å². The van der Waals surface area contributed by atoms with Crippen LogP contribution in [-0.4, -0.2) is 50.1 Å². The number of fused-ring (bicyclic) bond motifs is 3. The predicted molar refractivity (Wildman–Crippen MR) is 123 cm³/mol. The first-order valence-corrected chi connectivity index (χ1v) is 11.2. The number of carbonyl (C=O) groups excluding carboxylic acids is 1. The van der Waals surface area contributed by atoms with Crippen LogP contribution in [0, 0.1) is 6.92 Å². The van der Waals surface area contributed by atoms with E-state index in [1.165, 1.54) is 18.4 Å². The summed E-state index contributed by atoms with van der Waals surface area (Å²) in [7, 11) is 0. The minimum Gasteiger partial charge on any atom is -0.394 e. The molecule has 3 aromatic heterocycles. The number of aromatic amines is 2. The van der Waals surface area contributed by atoms with Crippen molar-refractivity contribution in [1.82, 2.24) is 19.9 Å². The second kappa shape index (κ2) is 7.06. The molecule has 2 atom stereocenters. The summed E-state index contributed by atoms with van der Waals surface area (Å²) in [5.74, 6) is 1.84. The fourth-order valence-electron chi connectivity index (χ4n) is 5.24. The topological polar surface area (TPSA) is 124 Å². The molecule has 2 fully saturated rings. The van der Waals surface area contributed by atoms with E-state index in [4.69, 9.17) is 15.7 Å². The van der Waals surface area contributed by atoms with Gasteiger partial charge in [0.05, 0.1) is 23.6 Å². The number of aliphatic hydroxyl groups is 1. The van der Waals surface area contributed by atoms with E-state index in [0.717, 1.165) is 39.9 Å². The zero-order chi connectivity index (χ0) is 22.0. The van der Waals surface area contributed by atoms with Crippen molar-refractivity contribution in [1.29, 1.82) is 0 Å². The molecular formula is C24H26N6O2. The van der Waals surface area contributed by atoms with E-state index in [9.17, 15) is 9.90 Å². The zero-order valence-electron chi connectivity index (χ0n) is 17.9. The number of rotatable bonds is 5. The quantitative estimate of drug-likeness (QED) is 0.387. The molecule has 1 aliphatic carbocycles. The first kappa shape index (κ1) is 19.3. The van der Waals surface area contributed by atoms with Crippen LogP contribution in [0.4, 0.5) is 5.82 Å². The van der Waals surface area contributed by atoms with Crippen LogP contribution in [0.3, 0.4) is 0 Å². The molecule has 0 radical (unpaired) electrons. The van der Waals surface area contributed by atoms with Crippen LogP contribution < -0.4 is 10.6 Å². The monoisotopic (exact) mass is 430 g/mol. The SMILES string of the molecule is Cc1nc(N2C[C@@H](c3ccc(C(N)=O)[nH]3)C[C@H]2CO)c2c(n1)[nH]c1c(C3CC3)cccc12. The second-order valence-electron chi connectivity index (χ2n) is 9.10. The summed E-state index contributed by atoms with van der Waals surface area (Å²) in [6, 6.07) is 10.0. The largest absolute Gasteiger partial charge is 0.394 e. The van der Waals surface area contributed by atoms with E-state index in [1.807, 2.05) is 13.0 Å². The van der Waals surface area contributed by atoms with Gasteiger partial charge in [-0.15, -0.1) is 0 Å². The lowest BCUT2D eigenvalue weighted by Crippen LogP contribution is -2.33. The fourth-order valence-corrected chi connectivity index (χ4v) is 5.24. The van der Waals surface area contributed by atoms with Crippen molar-refractivity contribution in [3.8, 4) is 0 Å². The maximum Gasteiger partial charge on any atom is 0.265 e. The predicted octanol–water partition coefficient (Wildman–Crippen LogP) is 3.08. The van der Waals surface area contributed by atoms with Crippen molar-refractivity contribution in [2.45, 2.75) is 44.1 Å². The van der Waals surface area contributed by atoms with E-state index in [0.29, 0.717) is 24.0 Å². The third kappa shape index (κ3) is 2.97. The first-order valence-electron chi connectivity index (χ1n) is 11.2. The Hall–Kier alpha value is -3.39. The summed E-state index contributed by atoms with van der Waals surface area (Å²) in [4.78, 5) is 30.0. The molecule has 164 valence electrons. The number of anilines is 1. The summed E-state index contributed by atoms with van der Waals surface area (Å²) in [5.41, 5.74) is 10.1. The minimum atomic E-state index is -0.469. The standard InChI is InChI=1S/C24H26N6O2/c1-12-26-23-20(17-4-2-3-16(13-5-6-13)21(17)29-23)24(27-12)30-10-14(9-15(30)11-31)18-7-8-19(28-18)22(25)32/h2-4,7-8,13-15,28,31H,5-6,9-11H2,1H3,(H2,25,32)(H,26,27,29)/t14-,15-/m0/s1. The minimum absolute atomic E-state index is 0.0279. The molecule has 8 heteroatoms. The Morgan fingerprint density at radius 1 is 1.19 bits per heavy atom. The maximum atomic E-state index is 11.5. The van der Waals surface area contributed by atoms with Gasteiger partial charge in [-0.2, -0.15) is 0 Å². The Labute approximate surface area is 184 Å². The highest BCUT2D eigenvalue weighted by Gasteiger charge is 2.36. The molecule has 0 unspecified atom stereocenters. The Morgan fingerprint density at radius 2 is 2.03 bits per heavy atom. The molecule has 1 amide bonds. The van der Waals surface area contributed by atoms with Gasteiger partial charge in [-0.1, -0.05) is 18.2 Å². The molecular weight excluding hydrogens is 404 g/mol. The third-order valence-corrected chi connectivity index (χ3v) is 6.94. The fraction of sp³-hybridized carbons (Fsp3) is 0.375. The number of benzene rings is 1. The van der Waals surface area contributed by atoms with Crippen LogP contribution in [0.25, 0.3) is 21.9 Å². The van der Waals surface area contributed by atoms with Crippen molar-refractivity contribution in [2.75, 3.05) is 18.1 Å². The molecule has 0 spiro atoms. The zero-order valence-corrected chi connectivity index (χ0v) is 17.9. The summed E-state index contributed by atoms with van der Waals surface area (Å²) in [5, 5.41) is 12.4. The molecule has 1 saturated carbocycles. The molecule has 32 heavy (non-hydrogen) atoms. The number of primary amides is 1. The normalized spacial score (nSPS) is 21.1. The number of hydrogen-bond acceptors (Lipinski definition) is 5. The lowest BCUT2D eigenvalue weighted by Gasteiger charge is -2.25. The highest BCUT2D eigenvalue weighted by Crippen LogP contribution is 2.45. The first-order chi connectivity index (χ1) is 15.5. The average Bonchev–Trinajstić information content (AvgIpc) is 3.20. The number of carbonyl (C=O) groups is 1. The number of para-hydroxylation sites is 1. The van der Waals surface area contributed by atoms with Crippen LogP contribution >= 0.6 is 0 Å². The van der Waals surface area contributed by atoms with Gasteiger partial charge in [-0.25, -0.2) is 9.97 Å². The smallest absolute Gasteiger partial charge is 0.265 e. The Morgan fingerprint density at radius 3 is 2.75 bits per heavy atom. The number of nitrogens with two attached hydrogens (primary N) is 1. The van der Waals surface area contributed by atoms with E-state index >= 15 is 0 Å². The number of H-pyrrole nitrogens is 2. The average molecular weight is 431 g/mol. The molecule has 6 rings (SSSR count). The van der Waals surface area contributed by atoms with E-state index in [2.05, 4.69) is 33.1 Å². The Balaban J connectivity index is 1.46. The van der Waals surface area contributed by atoms with Gasteiger partial charge < -0.3 is 25.7 Å². The summed E-state index contributed by atoms with van der Waals surface area (Å²) >= 11 is 0. The molecule has 1 aliphatic heterocycles. The van der Waals surface area contributed by atoms with Crippen molar-refractivity contribution in [3.63, 3.8) is 0 Å². The number of aryl methyl sites for hydroxylation is 1. The van der Waals surface area contributed by atoms with Crippen molar-refractivity contribution >= 4 is 33.7 Å². The number of hydrogen-bond donors (Lipinski definition) is 4. The number of aromatic nitrogens is 4. The van der Waals surface area contributed by atoms with Gasteiger partial charge >= 0.3 is 0 Å². The van der Waals surface area contributed by atoms with Gasteiger partial charge in [0.25, 0.3) is 5.91 Å². The van der Waals surface area contributed by atoms with Gasteiger partial charge in [0.15, 0.2) is 0 Å². The van der Waals surface area contributed by atoms with Crippen LogP contribution in [0.2, 0.25) is 0 Å². The number of aliphatic hydroxyl groups excluding tert-OH is 1. The van der Waals surface area contributed by atoms with Crippen LogP contribution in [0.1, 0.15) is 58.7 Å². The molecule has 4 aromatic rings. The van der Waals surface area contributed by atoms with Gasteiger partial charge in [-0.3, -0.25) is 4.79 Å². The van der Waals surface area contributed by atoms with E-state index in [-0.39, 0.29) is 18.6 Å². The summed E-state index contributed by atoms with van der Waals surface area (Å²) < 4.78 is 0. The molecule has 4 heterocycles. The van der Waals surface area contributed by atoms with Gasteiger partial charge in [0.1, 0.15) is 23.0 Å². The van der Waals surface area contributed by atoms with Crippen molar-refractivity contribution in [2.24, 2.45) is 5.73 Å². The van der Waals surface area contributed by atoms with E-state index in [1.54, 1.807) is 6.07 Å². The maximum absolute atomic E-state index is 11.5. The highest BCUT2D eigenvalue weighted by atomic mass is 16.3.